The van der Waals surface area contributed by atoms with Gasteiger partial charge >= 0.3 is 12.4 Å². The van der Waals surface area contributed by atoms with Crippen molar-refractivity contribution in [3.05, 3.63) is 58.1 Å². The minimum absolute atomic E-state index is 0.0475. The highest BCUT2D eigenvalue weighted by Gasteiger charge is 2.71. The molecule has 9 heteroatoms. The van der Waals surface area contributed by atoms with Crippen LogP contribution in [-0.4, -0.2) is 17.5 Å². The Morgan fingerprint density at radius 3 is 1.63 bits per heavy atom. The number of halogens is 6. The Hall–Kier alpha value is -2.42. The normalized spacial score (nSPS) is 12.4. The number of hydrogen-bond acceptors (Lipinski definition) is 3. The Morgan fingerprint density at radius 1 is 0.767 bits per heavy atom. The summed E-state index contributed by atoms with van der Waals surface area (Å²) >= 11 is 0. The highest BCUT2D eigenvalue weighted by Crippen LogP contribution is 2.50. The molecule has 0 amide bonds. The molecule has 0 aliphatic rings. The van der Waals surface area contributed by atoms with Gasteiger partial charge in [-0.1, -0.05) is 44.2 Å². The van der Waals surface area contributed by atoms with E-state index in [2.05, 4.69) is 13.0 Å². The van der Waals surface area contributed by atoms with Crippen molar-refractivity contribution >= 4 is 11.4 Å². The molecule has 2 aromatic rings. The van der Waals surface area contributed by atoms with Crippen LogP contribution in [0.15, 0.2) is 30.3 Å². The van der Waals surface area contributed by atoms with Gasteiger partial charge in [0.2, 0.25) is 0 Å². The highest BCUT2D eigenvalue weighted by atomic mass is 19.4. The maximum atomic E-state index is 12.8. The van der Waals surface area contributed by atoms with Gasteiger partial charge in [-0.15, -0.1) is 0 Å². The molecule has 0 saturated carbocycles. The van der Waals surface area contributed by atoms with Crippen molar-refractivity contribution in [2.24, 2.45) is 0 Å². The van der Waals surface area contributed by atoms with Crippen LogP contribution in [0.3, 0.4) is 0 Å². The number of aliphatic hydroxyl groups is 1. The second-order valence-electron chi connectivity index (χ2n) is 6.93. The van der Waals surface area contributed by atoms with Crippen LogP contribution in [-0.2, 0) is 18.4 Å². The van der Waals surface area contributed by atoms with Gasteiger partial charge in [0.25, 0.3) is 5.60 Å². The van der Waals surface area contributed by atoms with E-state index >= 15 is 0 Å². The first kappa shape index (κ1) is 25.6. The lowest BCUT2D eigenvalue weighted by atomic mass is 9.88. The third-order valence-corrected chi connectivity index (χ3v) is 4.89. The fourth-order valence-corrected chi connectivity index (χ4v) is 2.91. The Labute approximate surface area is 171 Å². The maximum absolute atomic E-state index is 12.8. The molecule has 0 bridgehead atoms. The van der Waals surface area contributed by atoms with Crippen LogP contribution in [0.5, 0.6) is 0 Å². The second-order valence-corrected chi connectivity index (χ2v) is 6.93. The van der Waals surface area contributed by atoms with Crippen molar-refractivity contribution < 1.29 is 31.4 Å². The highest BCUT2D eigenvalue weighted by molar-refractivity contribution is 5.56. The predicted molar refractivity (Wildman–Crippen MR) is 106 cm³/mol. The largest absolute Gasteiger partial charge is 0.430 e. The molecule has 0 fully saturated rings. The molecular weight excluding hydrogens is 410 g/mol. The van der Waals surface area contributed by atoms with Crippen LogP contribution < -0.4 is 11.5 Å². The van der Waals surface area contributed by atoms with E-state index in [0.29, 0.717) is 12.1 Å². The quantitative estimate of drug-likeness (QED) is 0.434. The predicted octanol–water partition coefficient (Wildman–Crippen LogP) is 5.59. The van der Waals surface area contributed by atoms with E-state index in [0.717, 1.165) is 12.1 Å². The summed E-state index contributed by atoms with van der Waals surface area (Å²) in [6.07, 6.45) is -10.6. The summed E-state index contributed by atoms with van der Waals surface area (Å²) in [6.45, 7) is 6.97. The van der Waals surface area contributed by atoms with Crippen LogP contribution in [0.2, 0.25) is 0 Å². The molecule has 0 aromatic heterocycles. The molecule has 0 atom stereocenters. The Kier molecular flexibility index (Phi) is 7.82. The van der Waals surface area contributed by atoms with Crippen LogP contribution >= 0.6 is 0 Å². The third kappa shape index (κ3) is 5.00. The number of para-hydroxylation sites is 1. The van der Waals surface area contributed by atoms with Crippen molar-refractivity contribution in [2.75, 3.05) is 11.5 Å². The number of nitrogen functional groups attached to an aromatic ring is 2. The van der Waals surface area contributed by atoms with Crippen molar-refractivity contribution in [3.63, 3.8) is 0 Å². The Balaban J connectivity index is 0.000000375. The standard InChI is InChI=1S/C12H13F6NO.C9H13N/c1-3-7-5-8(4-6(2)9(7)19)10(20,11(13,14)15)12(16,17)18;1-3-8-6-4-5-7(2)9(8)10/h4-5,20H,3,19H2,1-2H3;4-6H,3,10H2,1-2H3. The summed E-state index contributed by atoms with van der Waals surface area (Å²) in [4.78, 5) is 0. The molecule has 0 radical (unpaired) electrons. The lowest BCUT2D eigenvalue weighted by Crippen LogP contribution is -2.54. The zero-order valence-corrected chi connectivity index (χ0v) is 17.2. The molecule has 0 spiro atoms. The number of nitrogens with two attached hydrogens (primary N) is 2. The van der Waals surface area contributed by atoms with Gasteiger partial charge in [-0.25, -0.2) is 0 Å². The summed E-state index contributed by atoms with van der Waals surface area (Å²) in [5.74, 6) is 0. The Morgan fingerprint density at radius 2 is 1.23 bits per heavy atom. The summed E-state index contributed by atoms with van der Waals surface area (Å²) < 4.78 is 76.5. The van der Waals surface area contributed by atoms with E-state index in [9.17, 15) is 31.4 Å². The summed E-state index contributed by atoms with van der Waals surface area (Å²) in [5, 5.41) is 9.30. The zero-order valence-electron chi connectivity index (χ0n) is 17.2. The molecule has 2 rings (SSSR count). The monoisotopic (exact) mass is 436 g/mol. The van der Waals surface area contributed by atoms with E-state index in [-0.39, 0.29) is 23.2 Å². The van der Waals surface area contributed by atoms with Gasteiger partial charge in [-0.2, -0.15) is 26.3 Å². The van der Waals surface area contributed by atoms with Gasteiger partial charge < -0.3 is 16.6 Å². The van der Waals surface area contributed by atoms with Gasteiger partial charge in [0, 0.05) is 16.9 Å². The van der Waals surface area contributed by atoms with Crippen LogP contribution in [0.4, 0.5) is 37.7 Å². The molecule has 0 saturated heterocycles. The summed E-state index contributed by atoms with van der Waals surface area (Å²) in [5.41, 5.74) is 8.84. The smallest absolute Gasteiger partial charge is 0.398 e. The molecular formula is C21H26F6N2O. The third-order valence-electron chi connectivity index (χ3n) is 4.89. The number of aryl methyl sites for hydroxylation is 4. The number of hydrogen-bond donors (Lipinski definition) is 3. The van der Waals surface area contributed by atoms with E-state index in [1.807, 2.05) is 19.1 Å². The number of anilines is 2. The molecule has 0 aliphatic heterocycles. The zero-order chi connectivity index (χ0) is 23.5. The number of benzene rings is 2. The average Bonchev–Trinajstić information content (AvgIpc) is 2.64. The van der Waals surface area contributed by atoms with Crippen LogP contribution in [0, 0.1) is 13.8 Å². The fourth-order valence-electron chi connectivity index (χ4n) is 2.91. The molecule has 0 aliphatic carbocycles. The molecule has 168 valence electrons. The van der Waals surface area contributed by atoms with E-state index in [4.69, 9.17) is 11.5 Å². The van der Waals surface area contributed by atoms with Crippen molar-refractivity contribution in [2.45, 2.75) is 58.5 Å². The van der Waals surface area contributed by atoms with Gasteiger partial charge in [-0.3, -0.25) is 0 Å². The van der Waals surface area contributed by atoms with E-state index in [1.165, 1.54) is 25.0 Å². The first-order chi connectivity index (χ1) is 13.6. The molecule has 3 nitrogen and oxygen atoms in total. The SMILES string of the molecule is CCc1cc(C(O)(C(F)(F)F)C(F)(F)F)cc(C)c1N.CCc1cccc(C)c1N. The fraction of sp³-hybridized carbons (Fsp3) is 0.429. The van der Waals surface area contributed by atoms with Gasteiger partial charge in [-0.05, 0) is 48.9 Å². The topological polar surface area (TPSA) is 72.3 Å². The first-order valence-corrected chi connectivity index (χ1v) is 9.20. The molecule has 5 N–H and O–H groups in total. The average molecular weight is 436 g/mol. The maximum Gasteiger partial charge on any atom is 0.430 e. The Bertz CT molecular complexity index is 861. The van der Waals surface area contributed by atoms with Gasteiger partial charge in [0.05, 0.1) is 0 Å². The van der Waals surface area contributed by atoms with Crippen molar-refractivity contribution in [1.82, 2.24) is 0 Å². The van der Waals surface area contributed by atoms with E-state index < -0.39 is 23.5 Å². The van der Waals surface area contributed by atoms with Gasteiger partial charge in [0.15, 0.2) is 0 Å². The van der Waals surface area contributed by atoms with E-state index in [1.54, 1.807) is 0 Å². The van der Waals surface area contributed by atoms with Crippen molar-refractivity contribution in [3.8, 4) is 0 Å². The van der Waals surface area contributed by atoms with Gasteiger partial charge in [0.1, 0.15) is 0 Å². The van der Waals surface area contributed by atoms with Crippen LogP contribution in [0.25, 0.3) is 0 Å². The molecule has 30 heavy (non-hydrogen) atoms. The molecule has 2 aromatic carbocycles. The minimum atomic E-state index is -5.89. The number of rotatable bonds is 3. The molecule has 0 unspecified atom stereocenters. The van der Waals surface area contributed by atoms with Crippen molar-refractivity contribution in [1.29, 1.82) is 0 Å². The molecule has 0 heterocycles. The first-order valence-electron chi connectivity index (χ1n) is 9.20. The summed E-state index contributed by atoms with van der Waals surface area (Å²) in [6, 6.07) is 7.40. The lowest BCUT2D eigenvalue weighted by molar-refractivity contribution is -0.376. The summed E-state index contributed by atoms with van der Waals surface area (Å²) in [7, 11) is 0. The minimum Gasteiger partial charge on any atom is -0.398 e. The van der Waals surface area contributed by atoms with Crippen LogP contribution in [0.1, 0.15) is 41.7 Å². The second kappa shape index (κ2) is 9.16. The lowest BCUT2D eigenvalue weighted by Gasteiger charge is -2.33. The number of alkyl halides is 6.